The highest BCUT2D eigenvalue weighted by Gasteiger charge is 2.24. The summed E-state index contributed by atoms with van der Waals surface area (Å²) in [5.41, 5.74) is 3.74. The Morgan fingerprint density at radius 1 is 1.12 bits per heavy atom. The SMILES string of the molecule is N#Cc1cc(-c2ccnc(Nc3ccnc(CN4CC(O)C4)c3)n2)ccc1OC1CCOCC1. The van der Waals surface area contributed by atoms with Crippen molar-refractivity contribution >= 4 is 11.6 Å². The fourth-order valence-electron chi connectivity index (χ4n) is 4.10. The number of nitriles is 1. The van der Waals surface area contributed by atoms with Crippen LogP contribution < -0.4 is 10.1 Å². The van der Waals surface area contributed by atoms with Gasteiger partial charge in [-0.2, -0.15) is 5.26 Å². The highest BCUT2D eigenvalue weighted by molar-refractivity contribution is 5.65. The Hall–Kier alpha value is -3.58. The van der Waals surface area contributed by atoms with Crippen LogP contribution in [0.3, 0.4) is 0 Å². The zero-order valence-electron chi connectivity index (χ0n) is 18.7. The second-order valence-electron chi connectivity index (χ2n) is 8.53. The number of anilines is 2. The van der Waals surface area contributed by atoms with Crippen LogP contribution in [0.4, 0.5) is 11.6 Å². The lowest BCUT2D eigenvalue weighted by atomic mass is 10.1. The minimum atomic E-state index is -0.235. The Morgan fingerprint density at radius 3 is 2.74 bits per heavy atom. The predicted octanol–water partition coefficient (Wildman–Crippen LogP) is 2.89. The van der Waals surface area contributed by atoms with E-state index in [-0.39, 0.29) is 12.2 Å². The summed E-state index contributed by atoms with van der Waals surface area (Å²) in [6.07, 6.45) is 4.91. The number of nitrogens with one attached hydrogen (secondary N) is 1. The fraction of sp³-hybridized carbons (Fsp3) is 0.360. The van der Waals surface area contributed by atoms with Gasteiger partial charge in [0.1, 0.15) is 17.9 Å². The summed E-state index contributed by atoms with van der Waals surface area (Å²) in [6.45, 7) is 3.40. The van der Waals surface area contributed by atoms with Crippen LogP contribution in [0.25, 0.3) is 11.3 Å². The van der Waals surface area contributed by atoms with E-state index in [1.165, 1.54) is 0 Å². The van der Waals surface area contributed by atoms with Gasteiger partial charge in [-0.25, -0.2) is 9.97 Å². The minimum Gasteiger partial charge on any atom is -0.489 e. The Balaban J connectivity index is 1.29. The Labute approximate surface area is 198 Å². The maximum Gasteiger partial charge on any atom is 0.227 e. The molecule has 0 amide bonds. The first kappa shape index (κ1) is 22.2. The van der Waals surface area contributed by atoms with Gasteiger partial charge in [-0.05, 0) is 36.4 Å². The number of aliphatic hydroxyl groups excluding tert-OH is 1. The third kappa shape index (κ3) is 5.31. The highest BCUT2D eigenvalue weighted by atomic mass is 16.5. The lowest BCUT2D eigenvalue weighted by molar-refractivity contribution is -0.00352. The number of β-amino-alcohol motifs (C(OH)–C–C–N with tert-alkyl or cyclic N) is 1. The van der Waals surface area contributed by atoms with Crippen molar-refractivity contribution in [1.29, 1.82) is 5.26 Å². The lowest BCUT2D eigenvalue weighted by Crippen LogP contribution is -2.49. The van der Waals surface area contributed by atoms with Crippen LogP contribution in [0.2, 0.25) is 0 Å². The molecule has 2 fully saturated rings. The van der Waals surface area contributed by atoms with Crippen molar-refractivity contribution in [2.75, 3.05) is 31.6 Å². The topological polar surface area (TPSA) is 116 Å². The zero-order chi connectivity index (χ0) is 23.3. The first-order valence-corrected chi connectivity index (χ1v) is 11.4. The molecule has 0 radical (unpaired) electrons. The predicted molar refractivity (Wildman–Crippen MR) is 125 cm³/mol. The maximum atomic E-state index is 9.67. The van der Waals surface area contributed by atoms with Crippen molar-refractivity contribution in [3.8, 4) is 23.1 Å². The number of rotatable bonds is 7. The molecule has 3 aromatic rings. The van der Waals surface area contributed by atoms with Gasteiger partial charge >= 0.3 is 0 Å². The molecule has 2 aromatic heterocycles. The van der Waals surface area contributed by atoms with Crippen molar-refractivity contribution < 1.29 is 14.6 Å². The normalized spacial score (nSPS) is 17.1. The molecular formula is C25H26N6O3. The standard InChI is InChI=1S/C25H26N6O3/c26-13-18-11-17(1-2-24(18)34-22-5-9-33-10-6-22)23-4-8-28-25(30-23)29-19-3-7-27-20(12-19)14-31-15-21(32)16-31/h1-4,7-8,11-12,21-22,32H,5-6,9-10,14-16H2,(H,27,28,29,30). The number of ether oxygens (including phenoxy) is 2. The van der Waals surface area contributed by atoms with Crippen molar-refractivity contribution in [3.05, 3.63) is 60.0 Å². The molecule has 9 heteroatoms. The van der Waals surface area contributed by atoms with Gasteiger partial charge in [-0.15, -0.1) is 0 Å². The van der Waals surface area contributed by atoms with Crippen molar-refractivity contribution in [1.82, 2.24) is 19.9 Å². The summed E-state index contributed by atoms with van der Waals surface area (Å²) < 4.78 is 11.4. The molecule has 1 aromatic carbocycles. The molecule has 0 unspecified atom stereocenters. The smallest absolute Gasteiger partial charge is 0.227 e. The molecule has 34 heavy (non-hydrogen) atoms. The largest absolute Gasteiger partial charge is 0.489 e. The fourth-order valence-corrected chi connectivity index (χ4v) is 4.10. The monoisotopic (exact) mass is 458 g/mol. The molecule has 0 spiro atoms. The molecular weight excluding hydrogens is 432 g/mol. The summed E-state index contributed by atoms with van der Waals surface area (Å²) in [5.74, 6) is 1.04. The van der Waals surface area contributed by atoms with Gasteiger partial charge in [0.25, 0.3) is 0 Å². The second kappa shape index (κ2) is 10.1. The van der Waals surface area contributed by atoms with Gasteiger partial charge < -0.3 is 19.9 Å². The summed E-state index contributed by atoms with van der Waals surface area (Å²) in [7, 11) is 0. The number of aromatic nitrogens is 3. The molecule has 2 aliphatic rings. The molecule has 5 rings (SSSR count). The average molecular weight is 459 g/mol. The van der Waals surface area contributed by atoms with E-state index < -0.39 is 0 Å². The van der Waals surface area contributed by atoms with Crippen LogP contribution in [-0.4, -0.2) is 63.5 Å². The van der Waals surface area contributed by atoms with Crippen LogP contribution in [0.5, 0.6) is 5.75 Å². The van der Waals surface area contributed by atoms with Gasteiger partial charge in [0.2, 0.25) is 5.95 Å². The number of pyridine rings is 1. The maximum absolute atomic E-state index is 9.67. The second-order valence-corrected chi connectivity index (χ2v) is 8.53. The molecule has 2 saturated heterocycles. The Kier molecular flexibility index (Phi) is 6.62. The van der Waals surface area contributed by atoms with Crippen LogP contribution >= 0.6 is 0 Å². The van der Waals surface area contributed by atoms with Crippen molar-refractivity contribution in [2.24, 2.45) is 0 Å². The number of nitrogens with zero attached hydrogens (tertiary/aromatic N) is 5. The molecule has 0 atom stereocenters. The minimum absolute atomic E-state index is 0.0676. The van der Waals surface area contributed by atoms with E-state index >= 15 is 0 Å². The lowest BCUT2D eigenvalue weighted by Gasteiger charge is -2.35. The molecule has 0 bridgehead atoms. The third-order valence-electron chi connectivity index (χ3n) is 5.91. The van der Waals surface area contributed by atoms with Gasteiger partial charge in [-0.1, -0.05) is 0 Å². The van der Waals surface area contributed by atoms with Crippen LogP contribution in [0.15, 0.2) is 48.8 Å². The number of hydrogen-bond donors (Lipinski definition) is 2. The highest BCUT2D eigenvalue weighted by Crippen LogP contribution is 2.28. The molecule has 0 aliphatic carbocycles. The molecule has 174 valence electrons. The average Bonchev–Trinajstić information content (AvgIpc) is 2.84. The third-order valence-corrected chi connectivity index (χ3v) is 5.91. The summed E-state index contributed by atoms with van der Waals surface area (Å²) in [6, 6.07) is 13.4. The van der Waals surface area contributed by atoms with E-state index in [4.69, 9.17) is 9.47 Å². The van der Waals surface area contributed by atoms with Crippen molar-refractivity contribution in [2.45, 2.75) is 31.6 Å². The van der Waals surface area contributed by atoms with E-state index in [9.17, 15) is 10.4 Å². The van der Waals surface area contributed by atoms with E-state index in [0.29, 0.717) is 55.8 Å². The number of likely N-dealkylation sites (tertiary alicyclic amines) is 1. The molecule has 2 N–H and O–H groups in total. The summed E-state index contributed by atoms with van der Waals surface area (Å²) in [5, 5.41) is 22.4. The molecule has 9 nitrogen and oxygen atoms in total. The van der Waals surface area contributed by atoms with E-state index in [2.05, 4.69) is 31.2 Å². The number of benzene rings is 1. The first-order valence-electron chi connectivity index (χ1n) is 11.4. The molecule has 4 heterocycles. The first-order chi connectivity index (χ1) is 16.7. The molecule has 2 aliphatic heterocycles. The summed E-state index contributed by atoms with van der Waals surface area (Å²) >= 11 is 0. The summed E-state index contributed by atoms with van der Waals surface area (Å²) in [4.78, 5) is 15.5. The van der Waals surface area contributed by atoms with Gasteiger partial charge in [0.05, 0.1) is 36.3 Å². The number of aliphatic hydroxyl groups is 1. The van der Waals surface area contributed by atoms with E-state index in [1.54, 1.807) is 18.5 Å². The van der Waals surface area contributed by atoms with E-state index in [1.807, 2.05) is 30.3 Å². The van der Waals surface area contributed by atoms with Gasteiger partial charge in [0, 0.05) is 56.1 Å². The quantitative estimate of drug-likeness (QED) is 0.551. The zero-order valence-corrected chi connectivity index (χ0v) is 18.7. The Morgan fingerprint density at radius 2 is 1.94 bits per heavy atom. The van der Waals surface area contributed by atoms with Crippen LogP contribution in [-0.2, 0) is 11.3 Å². The van der Waals surface area contributed by atoms with Gasteiger partial charge in [0.15, 0.2) is 0 Å². The van der Waals surface area contributed by atoms with Gasteiger partial charge in [-0.3, -0.25) is 9.88 Å². The number of hydrogen-bond acceptors (Lipinski definition) is 9. The van der Waals surface area contributed by atoms with Crippen LogP contribution in [0.1, 0.15) is 24.1 Å². The molecule has 0 saturated carbocycles. The van der Waals surface area contributed by atoms with E-state index in [0.717, 1.165) is 29.8 Å². The van der Waals surface area contributed by atoms with Crippen LogP contribution in [0, 0.1) is 11.3 Å². The van der Waals surface area contributed by atoms with Crippen molar-refractivity contribution in [3.63, 3.8) is 0 Å². The Bertz CT molecular complexity index is 1190.